The fourth-order valence-corrected chi connectivity index (χ4v) is 5.47. The number of rotatable bonds is 6. The number of halogens is 1. The molecule has 0 bridgehead atoms. The number of oxazole rings is 1. The van der Waals surface area contributed by atoms with Crippen LogP contribution in [0, 0.1) is 0 Å². The van der Waals surface area contributed by atoms with Crippen molar-refractivity contribution < 1.29 is 8.81 Å². The summed E-state index contributed by atoms with van der Waals surface area (Å²) >= 11 is 1.49. The number of hydrogen-bond donors (Lipinski definition) is 1. The second kappa shape index (κ2) is 9.82. The van der Waals surface area contributed by atoms with Crippen molar-refractivity contribution in [3.63, 3.8) is 0 Å². The van der Waals surface area contributed by atoms with Gasteiger partial charge >= 0.3 is 0 Å². The molecule has 2 aliphatic rings. The van der Waals surface area contributed by atoms with Crippen LogP contribution in [0.25, 0.3) is 21.9 Å². The topological polar surface area (TPSA) is 86.4 Å². The lowest BCUT2D eigenvalue weighted by Gasteiger charge is -2.34. The molecule has 36 heavy (non-hydrogen) atoms. The van der Waals surface area contributed by atoms with Crippen LogP contribution in [-0.2, 0) is 0 Å². The van der Waals surface area contributed by atoms with E-state index in [4.69, 9.17) is 9.40 Å². The van der Waals surface area contributed by atoms with Crippen molar-refractivity contribution >= 4 is 33.8 Å². The summed E-state index contributed by atoms with van der Waals surface area (Å²) in [6.45, 7) is 5.24. The number of likely N-dealkylation sites (N-methyl/N-ethyl adjacent to an activating group) is 1. The zero-order valence-corrected chi connectivity index (χ0v) is 20.8. The summed E-state index contributed by atoms with van der Waals surface area (Å²) in [5.41, 5.74) is 3.54. The van der Waals surface area contributed by atoms with Crippen molar-refractivity contribution in [3.8, 4) is 21.9 Å². The van der Waals surface area contributed by atoms with E-state index in [9.17, 15) is 4.39 Å². The van der Waals surface area contributed by atoms with E-state index in [1.807, 2.05) is 17.0 Å². The number of piperazine rings is 1. The molecule has 3 aromatic heterocycles. The quantitative estimate of drug-likeness (QED) is 0.411. The maximum atomic E-state index is 13.7. The predicted octanol–water partition coefficient (Wildman–Crippen LogP) is 4.30. The highest BCUT2D eigenvalue weighted by molar-refractivity contribution is 7.18. The molecule has 9 nitrogen and oxygen atoms in total. The Bertz CT molecular complexity index is 1300. The smallest absolute Gasteiger partial charge is 0.227 e. The molecule has 1 N–H and O–H groups in total. The van der Waals surface area contributed by atoms with Crippen molar-refractivity contribution in [2.75, 3.05) is 61.4 Å². The summed E-state index contributed by atoms with van der Waals surface area (Å²) in [6, 6.07) is 8.35. The number of alkyl halides is 1. The number of aromatic nitrogens is 4. The number of nitrogens with zero attached hydrogens (tertiary/aromatic N) is 7. The first kappa shape index (κ1) is 22.9. The van der Waals surface area contributed by atoms with Gasteiger partial charge in [-0.3, -0.25) is 0 Å². The Hall–Kier alpha value is -3.57. The van der Waals surface area contributed by atoms with Crippen LogP contribution in [0.1, 0.15) is 6.42 Å². The summed E-state index contributed by atoms with van der Waals surface area (Å²) in [5.74, 6) is 1.05. The van der Waals surface area contributed by atoms with Crippen LogP contribution in [0.3, 0.4) is 0 Å². The lowest BCUT2D eigenvalue weighted by atomic mass is 10.2. The van der Waals surface area contributed by atoms with E-state index >= 15 is 0 Å². The molecule has 0 spiro atoms. The average molecular weight is 507 g/mol. The van der Waals surface area contributed by atoms with Gasteiger partial charge in [-0.15, -0.1) is 0 Å². The lowest BCUT2D eigenvalue weighted by Crippen LogP contribution is -2.44. The monoisotopic (exact) mass is 506 g/mol. The van der Waals surface area contributed by atoms with Gasteiger partial charge in [0.1, 0.15) is 6.17 Å². The zero-order chi connectivity index (χ0) is 24.5. The fourth-order valence-electron chi connectivity index (χ4n) is 4.52. The molecule has 2 aliphatic heterocycles. The van der Waals surface area contributed by atoms with Gasteiger partial charge in [-0.2, -0.15) is 0 Å². The van der Waals surface area contributed by atoms with Crippen LogP contribution in [0.15, 0.2) is 53.7 Å². The molecule has 6 rings (SSSR count). The highest BCUT2D eigenvalue weighted by atomic mass is 32.1. The molecule has 2 fully saturated rings. The molecule has 0 saturated carbocycles. The van der Waals surface area contributed by atoms with Crippen molar-refractivity contribution in [2.45, 2.75) is 12.6 Å². The van der Waals surface area contributed by atoms with Crippen LogP contribution in [0.5, 0.6) is 0 Å². The second-order valence-corrected chi connectivity index (χ2v) is 10.1. The molecule has 0 aliphatic carbocycles. The average Bonchev–Trinajstić information content (AvgIpc) is 3.67. The van der Waals surface area contributed by atoms with E-state index in [1.165, 1.54) is 23.4 Å². The van der Waals surface area contributed by atoms with Gasteiger partial charge in [0.05, 0.1) is 28.9 Å². The van der Waals surface area contributed by atoms with E-state index in [1.54, 1.807) is 18.6 Å². The maximum Gasteiger partial charge on any atom is 0.227 e. The number of hydrogen-bond acceptors (Lipinski definition) is 10. The summed E-state index contributed by atoms with van der Waals surface area (Å²) in [7, 11) is 2.16. The highest BCUT2D eigenvalue weighted by Gasteiger charge is 2.25. The van der Waals surface area contributed by atoms with Crippen LogP contribution >= 0.6 is 11.3 Å². The van der Waals surface area contributed by atoms with E-state index in [0.29, 0.717) is 36.9 Å². The van der Waals surface area contributed by atoms with Gasteiger partial charge in [0.25, 0.3) is 0 Å². The molecule has 2 saturated heterocycles. The summed E-state index contributed by atoms with van der Waals surface area (Å²) in [5, 5.41) is 4.11. The number of nitrogens with one attached hydrogen (secondary N) is 1. The van der Waals surface area contributed by atoms with E-state index in [2.05, 4.69) is 49.2 Å². The summed E-state index contributed by atoms with van der Waals surface area (Å²) in [6.07, 6.45) is 6.27. The Morgan fingerprint density at radius 2 is 1.83 bits per heavy atom. The van der Waals surface area contributed by atoms with E-state index in [0.717, 1.165) is 47.4 Å². The normalized spacial score (nSPS) is 18.7. The van der Waals surface area contributed by atoms with Crippen LogP contribution in [0.4, 0.5) is 26.8 Å². The van der Waals surface area contributed by atoms with Gasteiger partial charge in [0.2, 0.25) is 5.95 Å². The Labute approximate surface area is 212 Å². The van der Waals surface area contributed by atoms with Gasteiger partial charge in [-0.1, -0.05) is 11.3 Å². The van der Waals surface area contributed by atoms with Crippen LogP contribution in [0.2, 0.25) is 0 Å². The van der Waals surface area contributed by atoms with Crippen molar-refractivity contribution in [3.05, 3.63) is 49.2 Å². The number of thiazole rings is 1. The first-order valence-electron chi connectivity index (χ1n) is 12.0. The molecular weight excluding hydrogens is 479 g/mol. The molecule has 0 amide bonds. The third-order valence-corrected chi connectivity index (χ3v) is 7.67. The molecule has 1 aromatic carbocycles. The minimum absolute atomic E-state index is 0.378. The van der Waals surface area contributed by atoms with Gasteiger partial charge in [-0.05, 0) is 37.7 Å². The minimum Gasteiger partial charge on any atom is -0.443 e. The molecular formula is C25H27FN8OS. The summed E-state index contributed by atoms with van der Waals surface area (Å²) < 4.78 is 19.3. The third kappa shape index (κ3) is 4.76. The first-order chi connectivity index (χ1) is 17.6. The molecule has 186 valence electrons. The lowest BCUT2D eigenvalue weighted by molar-refractivity contribution is 0.313. The van der Waals surface area contributed by atoms with Crippen molar-refractivity contribution in [2.24, 2.45) is 0 Å². The Morgan fingerprint density at radius 3 is 2.56 bits per heavy atom. The highest BCUT2D eigenvalue weighted by Crippen LogP contribution is 2.37. The van der Waals surface area contributed by atoms with Crippen molar-refractivity contribution in [1.82, 2.24) is 24.8 Å². The molecule has 11 heteroatoms. The second-order valence-electron chi connectivity index (χ2n) is 9.12. The number of anilines is 4. The van der Waals surface area contributed by atoms with Gasteiger partial charge in [0, 0.05) is 56.5 Å². The predicted molar refractivity (Wildman–Crippen MR) is 140 cm³/mol. The largest absolute Gasteiger partial charge is 0.443 e. The fraction of sp³-hybridized carbons (Fsp3) is 0.360. The minimum atomic E-state index is -0.806. The van der Waals surface area contributed by atoms with Gasteiger partial charge in [0.15, 0.2) is 17.3 Å². The van der Waals surface area contributed by atoms with Crippen molar-refractivity contribution in [1.29, 1.82) is 0 Å². The Balaban J connectivity index is 1.25. The SMILES string of the molecule is CN1CCN(c2ccc(Nc3ncc(-c4cnco4)c(-c4cnc(N5CC[C@H](F)C5)s4)n3)cc2)CC1. The van der Waals surface area contributed by atoms with Gasteiger partial charge < -0.3 is 24.4 Å². The molecule has 0 unspecified atom stereocenters. The van der Waals surface area contributed by atoms with E-state index in [-0.39, 0.29) is 0 Å². The third-order valence-electron chi connectivity index (χ3n) is 6.61. The summed E-state index contributed by atoms with van der Waals surface area (Å²) in [4.78, 5) is 25.5. The molecule has 0 radical (unpaired) electrons. The Morgan fingerprint density at radius 1 is 1.00 bits per heavy atom. The zero-order valence-electron chi connectivity index (χ0n) is 20.0. The van der Waals surface area contributed by atoms with Crippen LogP contribution in [-0.4, -0.2) is 77.3 Å². The molecule has 5 heterocycles. The standard InChI is InChI=1S/C25H27FN8OS/c1-32-8-10-33(11-9-32)19-4-2-18(3-5-19)30-24-28-12-20(21-13-27-16-35-21)23(31-24)22-14-29-25(36-22)34-7-6-17(26)15-34/h2-5,12-14,16-17H,6-11,15H2,1H3,(H,28,30,31)/t17-/m0/s1. The molecule has 1 atom stereocenters. The van der Waals surface area contributed by atoms with E-state index < -0.39 is 6.17 Å². The maximum absolute atomic E-state index is 13.7. The molecule has 4 aromatic rings. The van der Waals surface area contributed by atoms with Gasteiger partial charge in [-0.25, -0.2) is 24.3 Å². The number of benzene rings is 1. The van der Waals surface area contributed by atoms with Crippen LogP contribution < -0.4 is 15.1 Å². The first-order valence-corrected chi connectivity index (χ1v) is 12.9. The Kier molecular flexibility index (Phi) is 6.24.